The highest BCUT2D eigenvalue weighted by Gasteiger charge is 2.37. The Kier molecular flexibility index (Phi) is 30.1. The van der Waals surface area contributed by atoms with Crippen molar-refractivity contribution in [2.24, 2.45) is 0 Å². The molecular weight excluding hydrogens is 1290 g/mol. The molecule has 2 aromatic heterocycles. The standard InChI is InChI=1S/C43H48N4O4.C36H44N4O3.C7H6O2/c48-37(32-51-41-26-12-25-39-38(41)24-13-27-44-39)30-46-28-29-47(43(50)35-20-8-3-9-21-35)40(31-46)42(49)45-36(22-10-18-33-14-4-1-5-15-33)23-11-19-34-16-6-2-7-17-34;41-31(27-43-35-21-9-20-33-32(35)19-10-22-37-33)25-40-24-23-38-34(26-40)36(42)39-30(17-7-15-28-11-3-1-4-12-28)18-8-16-29-13-5-2-6-14-29;8-7(9)6-4-2-1-3-5-6/h1-9,12-17,20-21,24-27,36-37,40,48H,10-11,18-19,22-23,28-32H2,(H,45,49);1-6,9-14,19-22,30-31,34,38,41H,7-8,15-18,23-27H2,(H,39,42);1-5H,(H,8,9)/t37-,40?;31-,34?;/m11./s1. The van der Waals surface area contributed by atoms with Crippen molar-refractivity contribution in [3.63, 3.8) is 0 Å². The van der Waals surface area contributed by atoms with E-state index in [0.717, 1.165) is 105 Å². The Morgan fingerprint density at radius 3 is 1.26 bits per heavy atom. The number of carbonyl (C=O) groups is 4. The molecule has 0 radical (unpaired) electrons. The summed E-state index contributed by atoms with van der Waals surface area (Å²) in [7, 11) is 0. The first-order chi connectivity index (χ1) is 50.5. The number of ether oxygens (including phenoxy) is 2. The lowest BCUT2D eigenvalue weighted by Gasteiger charge is -2.41. The highest BCUT2D eigenvalue weighted by Crippen LogP contribution is 2.26. The number of carboxylic acid groups (broad SMARTS) is 1. The van der Waals surface area contributed by atoms with Gasteiger partial charge < -0.3 is 45.6 Å². The van der Waals surface area contributed by atoms with Crippen molar-refractivity contribution < 1.29 is 44.0 Å². The molecule has 17 nitrogen and oxygen atoms in total. The molecule has 2 saturated heterocycles. The van der Waals surface area contributed by atoms with E-state index in [1.54, 1.807) is 59.8 Å². The zero-order chi connectivity index (χ0) is 71.6. The van der Waals surface area contributed by atoms with Crippen LogP contribution in [-0.2, 0) is 35.3 Å². The molecule has 12 rings (SSSR count). The van der Waals surface area contributed by atoms with Gasteiger partial charge in [0.2, 0.25) is 11.8 Å². The second kappa shape index (κ2) is 41.1. The number of nitrogens with one attached hydrogen (secondary N) is 3. The molecule has 17 heteroatoms. The molecule has 4 heterocycles. The zero-order valence-electron chi connectivity index (χ0n) is 58.8. The lowest BCUT2D eigenvalue weighted by molar-refractivity contribution is -0.129. The van der Waals surface area contributed by atoms with Gasteiger partial charge in [0.25, 0.3) is 5.91 Å². The first kappa shape index (κ1) is 75.5. The van der Waals surface area contributed by atoms with Crippen LogP contribution in [0, 0.1) is 0 Å². The monoisotopic (exact) mass is 1390 g/mol. The van der Waals surface area contributed by atoms with Crippen molar-refractivity contribution in [2.45, 2.75) is 113 Å². The summed E-state index contributed by atoms with van der Waals surface area (Å²) < 4.78 is 12.0. The van der Waals surface area contributed by atoms with Gasteiger partial charge in [0.05, 0.1) is 22.6 Å². The molecule has 3 amide bonds. The number of rotatable bonds is 32. The van der Waals surface area contributed by atoms with E-state index in [4.69, 9.17) is 14.6 Å². The number of aliphatic hydroxyl groups excluding tert-OH is 2. The normalized spacial score (nSPS) is 15.2. The Balaban J connectivity index is 0.000000199. The smallest absolute Gasteiger partial charge is 0.335 e. The average Bonchev–Trinajstić information content (AvgIpc) is 0.815. The van der Waals surface area contributed by atoms with Crippen molar-refractivity contribution in [3.8, 4) is 11.5 Å². The number of hydrogen-bond acceptors (Lipinski definition) is 13. The average molecular weight is 1390 g/mol. The van der Waals surface area contributed by atoms with Crippen LogP contribution in [0.3, 0.4) is 0 Å². The molecule has 2 unspecified atom stereocenters. The minimum Gasteiger partial charge on any atom is -0.490 e. The van der Waals surface area contributed by atoms with Gasteiger partial charge in [0.1, 0.15) is 43.0 Å². The van der Waals surface area contributed by atoms with Gasteiger partial charge in [-0.3, -0.25) is 34.2 Å². The number of fused-ring (bicyclic) bond motifs is 2. The molecule has 0 aliphatic carbocycles. The van der Waals surface area contributed by atoms with E-state index in [1.807, 2.05) is 103 Å². The number of aromatic carboxylic acids is 1. The topological polar surface area (TPSA) is 219 Å². The molecule has 8 aromatic carbocycles. The molecule has 0 bridgehead atoms. The quantitative estimate of drug-likeness (QED) is 0.0231. The summed E-state index contributed by atoms with van der Waals surface area (Å²) in [4.78, 5) is 66.4. The van der Waals surface area contributed by atoms with Crippen LogP contribution in [0.4, 0.5) is 0 Å². The fourth-order valence-electron chi connectivity index (χ4n) is 13.4. The van der Waals surface area contributed by atoms with E-state index in [2.05, 4.69) is 133 Å². The van der Waals surface area contributed by atoms with E-state index in [1.165, 1.54) is 22.3 Å². The fourth-order valence-corrected chi connectivity index (χ4v) is 13.4. The van der Waals surface area contributed by atoms with Gasteiger partial charge in [-0.05, 0) is 172 Å². The number of pyridine rings is 2. The Hall–Kier alpha value is -10.1. The predicted octanol–water partition coefficient (Wildman–Crippen LogP) is 12.5. The summed E-state index contributed by atoms with van der Waals surface area (Å²) in [5.41, 5.74) is 7.83. The second-order valence-corrected chi connectivity index (χ2v) is 26.6. The SMILES string of the molecule is O=C(NC(CCCc1ccccc1)CCCc1ccccc1)C1CN(C[C@@H](O)COc2cccc3ncccc23)CCN1.O=C(NC(CCCc1ccccc1)CCCc1ccccc1)C1CN(C[C@@H](O)COc2cccc3ncccc23)CCN1C(=O)c1ccccc1.O=C(O)c1ccccc1. The fraction of sp³-hybridized carbons (Fsp3) is 0.326. The second-order valence-electron chi connectivity index (χ2n) is 26.6. The predicted molar refractivity (Wildman–Crippen MR) is 407 cm³/mol. The van der Waals surface area contributed by atoms with Gasteiger partial charge in [0.15, 0.2) is 0 Å². The molecule has 6 N–H and O–H groups in total. The van der Waals surface area contributed by atoms with Gasteiger partial charge >= 0.3 is 5.97 Å². The van der Waals surface area contributed by atoms with Gasteiger partial charge in [-0.15, -0.1) is 0 Å². The van der Waals surface area contributed by atoms with E-state index >= 15 is 0 Å². The lowest BCUT2D eigenvalue weighted by atomic mass is 9.98. The summed E-state index contributed by atoms with van der Waals surface area (Å²) in [5, 5.41) is 42.2. The molecule has 10 aromatic rings. The van der Waals surface area contributed by atoms with Crippen molar-refractivity contribution in [3.05, 3.63) is 288 Å². The maximum atomic E-state index is 14.3. The van der Waals surface area contributed by atoms with Crippen LogP contribution in [0.15, 0.2) is 255 Å². The minimum absolute atomic E-state index is 0.0249. The molecule has 536 valence electrons. The molecule has 0 spiro atoms. The van der Waals surface area contributed by atoms with Crippen molar-refractivity contribution in [1.82, 2.24) is 40.6 Å². The van der Waals surface area contributed by atoms with Crippen molar-refractivity contribution >= 4 is 45.5 Å². The first-order valence-corrected chi connectivity index (χ1v) is 36.4. The summed E-state index contributed by atoms with van der Waals surface area (Å²) in [6.07, 6.45) is 13.5. The van der Waals surface area contributed by atoms with E-state index in [0.29, 0.717) is 68.4 Å². The van der Waals surface area contributed by atoms with E-state index in [-0.39, 0.29) is 49.1 Å². The molecule has 4 atom stereocenters. The maximum absolute atomic E-state index is 14.3. The zero-order valence-corrected chi connectivity index (χ0v) is 58.8. The number of piperazine rings is 2. The first-order valence-electron chi connectivity index (χ1n) is 36.4. The number of carbonyl (C=O) groups excluding carboxylic acids is 3. The number of β-amino-alcohol motifs (C(OH)–C–C–N with tert-alkyl or cyclic N) is 2. The number of hydrogen-bond donors (Lipinski definition) is 6. The highest BCUT2D eigenvalue weighted by molar-refractivity contribution is 5.98. The summed E-state index contributed by atoms with van der Waals surface area (Å²) in [6.45, 7) is 4.31. The summed E-state index contributed by atoms with van der Waals surface area (Å²) in [5.74, 6) is 0.239. The van der Waals surface area contributed by atoms with Crippen LogP contribution in [0.25, 0.3) is 21.8 Å². The third kappa shape index (κ3) is 24.8. The van der Waals surface area contributed by atoms with Gasteiger partial charge in [-0.1, -0.05) is 170 Å². The highest BCUT2D eigenvalue weighted by atomic mass is 16.5. The van der Waals surface area contributed by atoms with Crippen LogP contribution in [-0.4, -0.2) is 166 Å². The number of aryl methyl sites for hydroxylation is 4. The number of benzene rings is 8. The lowest BCUT2D eigenvalue weighted by Crippen LogP contribution is -2.62. The van der Waals surface area contributed by atoms with E-state index < -0.39 is 24.2 Å². The molecular formula is C86H98N8O9. The Morgan fingerprint density at radius 2 is 0.845 bits per heavy atom. The van der Waals surface area contributed by atoms with Crippen molar-refractivity contribution in [1.29, 1.82) is 0 Å². The van der Waals surface area contributed by atoms with Crippen molar-refractivity contribution in [2.75, 3.05) is 65.6 Å². The van der Waals surface area contributed by atoms with Crippen LogP contribution < -0.4 is 25.4 Å². The van der Waals surface area contributed by atoms with Crippen LogP contribution >= 0.6 is 0 Å². The number of aliphatic hydroxyl groups is 2. The summed E-state index contributed by atoms with van der Waals surface area (Å²) in [6, 6.07) is 77.7. The van der Waals surface area contributed by atoms with E-state index in [9.17, 15) is 29.4 Å². The van der Waals surface area contributed by atoms with Crippen LogP contribution in [0.2, 0.25) is 0 Å². The third-order valence-electron chi connectivity index (χ3n) is 18.8. The van der Waals surface area contributed by atoms with Gasteiger partial charge in [-0.25, -0.2) is 4.79 Å². The van der Waals surface area contributed by atoms with Gasteiger partial charge in [0, 0.05) is 93.2 Å². The number of aromatic nitrogens is 2. The van der Waals surface area contributed by atoms with Crippen LogP contribution in [0.1, 0.15) is 94.3 Å². The third-order valence-corrected chi connectivity index (χ3v) is 18.8. The molecule has 2 fully saturated rings. The Bertz CT molecular complexity index is 4050. The Labute approximate surface area is 605 Å². The number of nitrogens with zero attached hydrogens (tertiary/aromatic N) is 5. The van der Waals surface area contributed by atoms with Gasteiger partial charge in [-0.2, -0.15) is 0 Å². The Morgan fingerprint density at radius 1 is 0.447 bits per heavy atom. The molecule has 103 heavy (non-hydrogen) atoms. The number of carboxylic acids is 1. The minimum atomic E-state index is -0.879. The molecule has 0 saturated carbocycles. The molecule has 2 aliphatic heterocycles. The number of amides is 3. The largest absolute Gasteiger partial charge is 0.490 e. The van der Waals surface area contributed by atoms with Crippen LogP contribution in [0.5, 0.6) is 11.5 Å². The molecule has 2 aliphatic rings. The maximum Gasteiger partial charge on any atom is 0.335 e. The summed E-state index contributed by atoms with van der Waals surface area (Å²) >= 11 is 0.